The normalized spacial score (nSPS) is 9.87. The minimum Gasteiger partial charge on any atom is -0.399 e. The molecule has 2 amide bonds. The van der Waals surface area contributed by atoms with E-state index in [9.17, 15) is 26.4 Å². The van der Waals surface area contributed by atoms with E-state index in [1.807, 2.05) is 0 Å². The molecule has 243 valence electrons. The van der Waals surface area contributed by atoms with Gasteiger partial charge in [0, 0.05) is 51.5 Å². The number of benzene rings is 2. The van der Waals surface area contributed by atoms with Crippen molar-refractivity contribution in [2.75, 3.05) is 39.7 Å². The molecule has 0 atom stereocenters. The second-order valence-corrected chi connectivity index (χ2v) is 11.7. The molecule has 2 aromatic carbocycles. The maximum Gasteiger partial charge on any atom is 2.00 e. The Hall–Kier alpha value is -4.85. The van der Waals surface area contributed by atoms with Crippen molar-refractivity contribution >= 4 is 56.1 Å². The zero-order chi connectivity index (χ0) is 33.2. The Kier molecular flexibility index (Phi) is 18.0. The van der Waals surface area contributed by atoms with E-state index in [2.05, 4.69) is 29.4 Å². The Morgan fingerprint density at radius 2 is 0.822 bits per heavy atom. The van der Waals surface area contributed by atoms with Crippen LogP contribution in [-0.4, -0.2) is 87.6 Å². The topological polar surface area (TPSA) is 241 Å². The summed E-state index contributed by atoms with van der Waals surface area (Å²) in [7, 11) is -0.821. The quantitative estimate of drug-likeness (QED) is 0.198. The summed E-state index contributed by atoms with van der Waals surface area (Å²) in [5.74, 6) is -0.186. The van der Waals surface area contributed by atoms with Gasteiger partial charge in [-0.05, 0) is 73.3 Å². The number of nitrogens with two attached hydrogens (primary N) is 2. The predicted octanol–water partition coefficient (Wildman–Crippen LogP) is 2.31. The van der Waals surface area contributed by atoms with E-state index in [1.54, 1.807) is 40.3 Å². The summed E-state index contributed by atoms with van der Waals surface area (Å²) in [6, 6.07) is 14.7. The number of carbonyl (C=O) groups is 2. The second kappa shape index (κ2) is 20.2. The first-order chi connectivity index (χ1) is 20.7. The maximum absolute atomic E-state index is 11.8. The predicted molar refractivity (Wildman–Crippen MR) is 166 cm³/mol. The summed E-state index contributed by atoms with van der Waals surface area (Å²) in [4.78, 5) is 36.8. The average molecular weight is 704 g/mol. The van der Waals surface area contributed by atoms with Crippen molar-refractivity contribution in [1.82, 2.24) is 29.7 Å². The molecule has 2 aromatic heterocycles. The number of carbonyl (C=O) groups excluding carboxylic acids is 2. The monoisotopic (exact) mass is 703 g/mol. The van der Waals surface area contributed by atoms with E-state index in [1.165, 1.54) is 83.1 Å². The fourth-order valence-electron chi connectivity index (χ4n) is 2.28. The van der Waals surface area contributed by atoms with Gasteiger partial charge in [-0.15, -0.1) is 0 Å². The number of hydrogen-bond donors (Lipinski definition) is 2. The van der Waals surface area contributed by atoms with Gasteiger partial charge in [0.05, 0.1) is 9.79 Å². The number of rotatable bonds is 8. The van der Waals surface area contributed by atoms with E-state index < -0.39 is 20.0 Å². The summed E-state index contributed by atoms with van der Waals surface area (Å²) < 4.78 is 54.3. The molecule has 0 aliphatic rings. The first-order valence-electron chi connectivity index (χ1n) is 12.1. The molecular formula is C26H32CoN10O6S2. The van der Waals surface area contributed by atoms with Gasteiger partial charge in [0.2, 0.25) is 32.9 Å². The van der Waals surface area contributed by atoms with Crippen molar-refractivity contribution in [2.24, 2.45) is 0 Å². The zero-order valence-electron chi connectivity index (χ0n) is 24.6. The number of hydrogen-bond acceptors (Lipinski definition) is 12. The van der Waals surface area contributed by atoms with Crippen LogP contribution < -0.4 is 11.5 Å². The van der Waals surface area contributed by atoms with Gasteiger partial charge in [0.25, 0.3) is 0 Å². The molecule has 45 heavy (non-hydrogen) atoms. The third-order valence-corrected chi connectivity index (χ3v) is 6.83. The second-order valence-electron chi connectivity index (χ2n) is 8.51. The first kappa shape index (κ1) is 40.1. The Morgan fingerprint density at radius 3 is 1.04 bits per heavy atom. The van der Waals surface area contributed by atoms with Crippen LogP contribution in [0.4, 0.5) is 23.3 Å². The maximum atomic E-state index is 11.8. The van der Waals surface area contributed by atoms with Gasteiger partial charge in [-0.3, -0.25) is 19.0 Å². The minimum absolute atomic E-state index is 0. The van der Waals surface area contributed by atoms with Crippen LogP contribution in [0, 0.1) is 0 Å². The van der Waals surface area contributed by atoms with Crippen LogP contribution >= 0.6 is 0 Å². The van der Waals surface area contributed by atoms with Crippen LogP contribution in [0.1, 0.15) is 0 Å². The molecule has 19 heteroatoms. The number of nitrogen functional groups attached to an aromatic ring is 2. The minimum atomic E-state index is -3.79. The van der Waals surface area contributed by atoms with Crippen molar-refractivity contribution in [3.63, 3.8) is 0 Å². The number of sulfonamides is 2. The van der Waals surface area contributed by atoms with Gasteiger partial charge in [-0.2, -0.15) is 0 Å². The molecule has 0 fully saturated rings. The third kappa shape index (κ3) is 16.5. The SMILES string of the molecule is CN(C)C=O.CN(C)C=O.Nc1ccc(S(=O)(=O)[N-]c2ncccn2)cc1.Nc1ccc(S(=O)(=O)[N-]c2ncccn2)cc1.[Co+2]. The Bertz CT molecular complexity index is 1510. The zero-order valence-corrected chi connectivity index (χ0v) is 27.2. The van der Waals surface area contributed by atoms with Gasteiger partial charge in [-0.1, -0.05) is 12.1 Å². The van der Waals surface area contributed by atoms with Crippen molar-refractivity contribution in [3.05, 3.63) is 94.9 Å². The van der Waals surface area contributed by atoms with E-state index in [0.717, 1.165) is 12.8 Å². The van der Waals surface area contributed by atoms with E-state index in [4.69, 9.17) is 11.5 Å². The molecule has 2 heterocycles. The molecule has 0 bridgehead atoms. The van der Waals surface area contributed by atoms with Gasteiger partial charge in [-0.25, -0.2) is 16.8 Å². The number of aromatic nitrogens is 4. The van der Waals surface area contributed by atoms with Crippen molar-refractivity contribution in [1.29, 1.82) is 0 Å². The molecule has 0 aliphatic heterocycles. The summed E-state index contributed by atoms with van der Waals surface area (Å²) in [6.45, 7) is 0. The Morgan fingerprint density at radius 1 is 0.578 bits per heavy atom. The summed E-state index contributed by atoms with van der Waals surface area (Å²) in [5.41, 5.74) is 11.9. The Labute approximate surface area is 272 Å². The molecule has 1 radical (unpaired) electrons. The average Bonchev–Trinajstić information content (AvgIpc) is 2.99. The van der Waals surface area contributed by atoms with Crippen LogP contribution in [0.25, 0.3) is 9.44 Å². The van der Waals surface area contributed by atoms with Crippen LogP contribution in [0.5, 0.6) is 0 Å². The standard InChI is InChI=1S/2C10H9N4O2S.2C3H7NO.Co/c2*11-8-2-4-9(5-3-8)17(15,16)14-10-12-6-1-7-13-10;2*1-4(2)3-5;/h2*1-7H,11H2;2*3H,1-2H3;/q2*-1;;;+2. The Balaban J connectivity index is 0.000000654. The summed E-state index contributed by atoms with van der Waals surface area (Å²) in [6.07, 6.45) is 7.18. The van der Waals surface area contributed by atoms with Gasteiger partial charge >= 0.3 is 16.8 Å². The first-order valence-corrected chi connectivity index (χ1v) is 15.0. The van der Waals surface area contributed by atoms with Crippen LogP contribution in [0.15, 0.2) is 95.2 Å². The molecule has 0 aliphatic carbocycles. The van der Waals surface area contributed by atoms with Crippen LogP contribution in [-0.2, 0) is 46.4 Å². The van der Waals surface area contributed by atoms with E-state index >= 15 is 0 Å². The molecule has 16 nitrogen and oxygen atoms in total. The molecule has 0 unspecified atom stereocenters. The molecule has 0 saturated heterocycles. The summed E-state index contributed by atoms with van der Waals surface area (Å²) in [5, 5.41) is 0. The summed E-state index contributed by atoms with van der Waals surface area (Å²) >= 11 is 0. The van der Waals surface area contributed by atoms with E-state index in [-0.39, 0.29) is 38.5 Å². The molecular weight excluding hydrogens is 671 g/mol. The largest absolute Gasteiger partial charge is 2.00 e. The number of amides is 2. The number of anilines is 2. The number of nitrogens with zero attached hydrogens (tertiary/aromatic N) is 8. The molecule has 4 aromatic rings. The van der Waals surface area contributed by atoms with Gasteiger partial charge in [0.1, 0.15) is 0 Å². The van der Waals surface area contributed by atoms with Crippen molar-refractivity contribution < 1.29 is 43.2 Å². The third-order valence-electron chi connectivity index (χ3n) is 4.29. The van der Waals surface area contributed by atoms with Gasteiger partial charge in [0.15, 0.2) is 0 Å². The molecule has 0 saturated carbocycles. The molecule has 4 N–H and O–H groups in total. The smallest absolute Gasteiger partial charge is 0.399 e. The molecule has 4 rings (SSSR count). The fourth-order valence-corrected chi connectivity index (χ4v) is 4.07. The van der Waals surface area contributed by atoms with E-state index in [0.29, 0.717) is 11.4 Å². The van der Waals surface area contributed by atoms with Crippen molar-refractivity contribution in [2.45, 2.75) is 9.79 Å². The fraction of sp³-hybridized carbons (Fsp3) is 0.154. The van der Waals surface area contributed by atoms with Crippen molar-refractivity contribution in [3.8, 4) is 0 Å². The van der Waals surface area contributed by atoms with Crippen LogP contribution in [0.2, 0.25) is 0 Å². The van der Waals surface area contributed by atoms with Crippen LogP contribution in [0.3, 0.4) is 0 Å². The van der Waals surface area contributed by atoms with Gasteiger partial charge < -0.3 is 41.2 Å². The molecule has 0 spiro atoms.